The zero-order valence-corrected chi connectivity index (χ0v) is 14.6. The largest absolute Gasteiger partial charge is 0.446 e. The van der Waals surface area contributed by atoms with Crippen LogP contribution in [0.5, 0.6) is 0 Å². The molecule has 132 valence electrons. The number of nitrogens with one attached hydrogen (secondary N) is 1. The molecule has 0 saturated carbocycles. The number of aromatic nitrogens is 1. The van der Waals surface area contributed by atoms with Gasteiger partial charge in [-0.25, -0.2) is 4.98 Å². The summed E-state index contributed by atoms with van der Waals surface area (Å²) >= 11 is 0. The van der Waals surface area contributed by atoms with Crippen molar-refractivity contribution in [2.24, 2.45) is 5.73 Å². The SMILES string of the molecule is CCCC(N)c1nc(C(=O)NC2c3ccccc3-c3ccccc32)co1. The minimum Gasteiger partial charge on any atom is -0.446 e. The van der Waals surface area contributed by atoms with Gasteiger partial charge < -0.3 is 15.5 Å². The monoisotopic (exact) mass is 347 g/mol. The zero-order chi connectivity index (χ0) is 18.1. The van der Waals surface area contributed by atoms with Gasteiger partial charge in [0.25, 0.3) is 5.91 Å². The van der Waals surface area contributed by atoms with Crippen molar-refractivity contribution in [3.63, 3.8) is 0 Å². The van der Waals surface area contributed by atoms with E-state index in [0.29, 0.717) is 5.89 Å². The van der Waals surface area contributed by atoms with Crippen LogP contribution in [0.4, 0.5) is 0 Å². The number of nitrogens with zero attached hydrogens (tertiary/aromatic N) is 1. The summed E-state index contributed by atoms with van der Waals surface area (Å²) in [4.78, 5) is 17.0. The maximum Gasteiger partial charge on any atom is 0.273 e. The van der Waals surface area contributed by atoms with E-state index in [9.17, 15) is 4.79 Å². The highest BCUT2D eigenvalue weighted by Gasteiger charge is 2.30. The molecule has 1 unspecified atom stereocenters. The molecule has 1 heterocycles. The fourth-order valence-electron chi connectivity index (χ4n) is 3.51. The molecule has 1 aliphatic rings. The van der Waals surface area contributed by atoms with Crippen molar-refractivity contribution in [1.29, 1.82) is 0 Å². The van der Waals surface area contributed by atoms with Crippen molar-refractivity contribution < 1.29 is 9.21 Å². The maximum absolute atomic E-state index is 12.7. The number of benzene rings is 2. The Balaban J connectivity index is 1.60. The van der Waals surface area contributed by atoms with Gasteiger partial charge in [-0.15, -0.1) is 0 Å². The van der Waals surface area contributed by atoms with Crippen LogP contribution in [0.3, 0.4) is 0 Å². The molecule has 2 aromatic carbocycles. The van der Waals surface area contributed by atoms with Crippen LogP contribution in [0, 0.1) is 0 Å². The number of oxazole rings is 1. The van der Waals surface area contributed by atoms with Crippen LogP contribution < -0.4 is 11.1 Å². The maximum atomic E-state index is 12.7. The van der Waals surface area contributed by atoms with E-state index in [2.05, 4.69) is 22.4 Å². The van der Waals surface area contributed by atoms with Crippen LogP contribution in [-0.2, 0) is 0 Å². The molecule has 0 bridgehead atoms. The van der Waals surface area contributed by atoms with Crippen molar-refractivity contribution in [1.82, 2.24) is 10.3 Å². The van der Waals surface area contributed by atoms with Crippen molar-refractivity contribution in [2.75, 3.05) is 0 Å². The molecular weight excluding hydrogens is 326 g/mol. The summed E-state index contributed by atoms with van der Waals surface area (Å²) in [6, 6.07) is 15.8. The Kier molecular flexibility index (Phi) is 4.31. The summed E-state index contributed by atoms with van der Waals surface area (Å²) in [7, 11) is 0. The molecule has 4 rings (SSSR count). The van der Waals surface area contributed by atoms with Gasteiger partial charge in [0, 0.05) is 0 Å². The summed E-state index contributed by atoms with van der Waals surface area (Å²) < 4.78 is 5.41. The van der Waals surface area contributed by atoms with Gasteiger partial charge >= 0.3 is 0 Å². The van der Waals surface area contributed by atoms with E-state index >= 15 is 0 Å². The lowest BCUT2D eigenvalue weighted by molar-refractivity contribution is 0.0938. The number of nitrogens with two attached hydrogens (primary N) is 1. The quantitative estimate of drug-likeness (QED) is 0.731. The number of amides is 1. The summed E-state index contributed by atoms with van der Waals surface area (Å²) in [6.45, 7) is 2.05. The molecule has 26 heavy (non-hydrogen) atoms. The number of carbonyl (C=O) groups is 1. The molecule has 0 aliphatic heterocycles. The minimum absolute atomic E-state index is 0.195. The molecule has 1 amide bonds. The van der Waals surface area contributed by atoms with Gasteiger partial charge in [-0.1, -0.05) is 61.9 Å². The minimum atomic E-state index is -0.283. The zero-order valence-electron chi connectivity index (χ0n) is 14.6. The van der Waals surface area contributed by atoms with Crippen molar-refractivity contribution >= 4 is 5.91 Å². The van der Waals surface area contributed by atoms with Crippen molar-refractivity contribution in [3.05, 3.63) is 77.5 Å². The fraction of sp³-hybridized carbons (Fsp3) is 0.238. The highest BCUT2D eigenvalue weighted by Crippen LogP contribution is 2.43. The van der Waals surface area contributed by atoms with E-state index in [4.69, 9.17) is 10.2 Å². The number of hydrogen-bond donors (Lipinski definition) is 2. The van der Waals surface area contributed by atoms with Crippen LogP contribution >= 0.6 is 0 Å². The summed E-state index contributed by atoms with van der Waals surface area (Å²) in [6.07, 6.45) is 3.08. The Labute approximate surface area is 152 Å². The van der Waals surface area contributed by atoms with E-state index in [-0.39, 0.29) is 23.7 Å². The molecule has 0 spiro atoms. The molecule has 1 atom stereocenters. The predicted molar refractivity (Wildman–Crippen MR) is 99.5 cm³/mol. The van der Waals surface area contributed by atoms with Crippen LogP contribution in [0.15, 0.2) is 59.2 Å². The second-order valence-corrected chi connectivity index (χ2v) is 6.55. The Morgan fingerprint density at radius 2 is 1.77 bits per heavy atom. The Morgan fingerprint density at radius 3 is 2.38 bits per heavy atom. The molecular formula is C21H21N3O2. The highest BCUT2D eigenvalue weighted by atomic mass is 16.3. The van der Waals surface area contributed by atoms with E-state index < -0.39 is 0 Å². The molecule has 0 radical (unpaired) electrons. The first-order chi connectivity index (χ1) is 12.7. The van der Waals surface area contributed by atoms with E-state index in [1.807, 2.05) is 43.3 Å². The van der Waals surface area contributed by atoms with Crippen LogP contribution in [0.2, 0.25) is 0 Å². The van der Waals surface area contributed by atoms with Gasteiger partial charge in [0.1, 0.15) is 6.26 Å². The van der Waals surface area contributed by atoms with Gasteiger partial charge in [0.05, 0.1) is 12.1 Å². The third kappa shape index (κ3) is 2.80. The predicted octanol–water partition coefficient (Wildman–Crippen LogP) is 3.97. The molecule has 0 fully saturated rings. The Morgan fingerprint density at radius 1 is 1.15 bits per heavy atom. The second kappa shape index (κ2) is 6.77. The van der Waals surface area contributed by atoms with Gasteiger partial charge in [0.15, 0.2) is 5.69 Å². The van der Waals surface area contributed by atoms with E-state index in [1.54, 1.807) is 0 Å². The summed E-state index contributed by atoms with van der Waals surface area (Å²) in [5.41, 5.74) is 10.8. The van der Waals surface area contributed by atoms with E-state index in [0.717, 1.165) is 35.1 Å². The first-order valence-corrected chi connectivity index (χ1v) is 8.89. The third-order valence-corrected chi connectivity index (χ3v) is 4.78. The molecule has 5 heteroatoms. The molecule has 1 aromatic heterocycles. The van der Waals surface area contributed by atoms with Gasteiger partial charge in [-0.3, -0.25) is 4.79 Å². The third-order valence-electron chi connectivity index (χ3n) is 4.78. The second-order valence-electron chi connectivity index (χ2n) is 6.55. The average molecular weight is 347 g/mol. The Hall–Kier alpha value is -2.92. The van der Waals surface area contributed by atoms with Crippen LogP contribution in [-0.4, -0.2) is 10.9 Å². The van der Waals surface area contributed by atoms with E-state index in [1.165, 1.54) is 6.26 Å². The first-order valence-electron chi connectivity index (χ1n) is 8.89. The van der Waals surface area contributed by atoms with Gasteiger partial charge in [0.2, 0.25) is 5.89 Å². The van der Waals surface area contributed by atoms with Crippen LogP contribution in [0.1, 0.15) is 59.4 Å². The number of fused-ring (bicyclic) bond motifs is 3. The molecule has 1 aliphatic carbocycles. The number of carbonyl (C=O) groups excluding carboxylic acids is 1. The molecule has 0 saturated heterocycles. The smallest absolute Gasteiger partial charge is 0.273 e. The number of rotatable bonds is 5. The van der Waals surface area contributed by atoms with Crippen molar-refractivity contribution in [3.8, 4) is 11.1 Å². The van der Waals surface area contributed by atoms with Gasteiger partial charge in [-0.2, -0.15) is 0 Å². The number of hydrogen-bond acceptors (Lipinski definition) is 4. The lowest BCUT2D eigenvalue weighted by Gasteiger charge is -2.14. The summed E-state index contributed by atoms with van der Waals surface area (Å²) in [5, 5.41) is 3.09. The summed E-state index contributed by atoms with van der Waals surface area (Å²) in [5.74, 6) is 0.143. The van der Waals surface area contributed by atoms with Crippen molar-refractivity contribution in [2.45, 2.75) is 31.8 Å². The average Bonchev–Trinajstić information content (AvgIpc) is 3.27. The molecule has 5 nitrogen and oxygen atoms in total. The highest BCUT2D eigenvalue weighted by molar-refractivity contribution is 5.93. The lowest BCUT2D eigenvalue weighted by Crippen LogP contribution is -2.28. The normalized spacial score (nSPS) is 13.9. The molecule has 3 N–H and O–H groups in total. The lowest BCUT2D eigenvalue weighted by atomic mass is 10.1. The molecule has 3 aromatic rings. The fourth-order valence-corrected chi connectivity index (χ4v) is 3.51. The first kappa shape index (κ1) is 16.5. The van der Waals surface area contributed by atoms with Gasteiger partial charge in [-0.05, 0) is 28.7 Å². The standard InChI is InChI=1S/C21H21N3O2/c1-2-7-17(22)21-23-18(12-26-21)20(25)24-19-15-10-5-3-8-13(15)14-9-4-6-11-16(14)19/h3-6,8-12,17,19H,2,7,22H2,1H3,(H,24,25). The van der Waals surface area contributed by atoms with Crippen LogP contribution in [0.25, 0.3) is 11.1 Å². The topological polar surface area (TPSA) is 81.1 Å². The Bertz CT molecular complexity index is 902.